The second-order valence-corrected chi connectivity index (χ2v) is 7.74. The smallest absolute Gasteiger partial charge is 0.259 e. The number of piperidine rings is 1. The Morgan fingerprint density at radius 2 is 2.07 bits per heavy atom. The number of aromatic nitrogens is 2. The topological polar surface area (TPSA) is 79.5 Å². The first kappa shape index (κ1) is 18.7. The van der Waals surface area contributed by atoms with Crippen molar-refractivity contribution in [2.45, 2.75) is 25.4 Å². The van der Waals surface area contributed by atoms with Crippen molar-refractivity contribution < 1.29 is 14.4 Å². The third-order valence-electron chi connectivity index (χ3n) is 4.86. The molecule has 0 aliphatic carbocycles. The van der Waals surface area contributed by atoms with E-state index < -0.39 is 5.60 Å². The number of β-amino-alcohol motifs (C(OH)–C–C–N with tert-alkyl or cyclic N) is 1. The SMILES string of the molecule is CC1(O)CCCN(C(=O)c2ccccc2-c2nc(-c3cccc(Cl)c3)no2)C1. The average molecular weight is 398 g/mol. The zero-order valence-corrected chi connectivity index (χ0v) is 16.2. The minimum absolute atomic E-state index is 0.155. The summed E-state index contributed by atoms with van der Waals surface area (Å²) in [6, 6.07) is 14.3. The number of rotatable bonds is 3. The lowest BCUT2D eigenvalue weighted by Crippen LogP contribution is -2.48. The molecule has 1 aliphatic heterocycles. The van der Waals surface area contributed by atoms with E-state index in [1.807, 2.05) is 18.2 Å². The van der Waals surface area contributed by atoms with Crippen LogP contribution < -0.4 is 0 Å². The summed E-state index contributed by atoms with van der Waals surface area (Å²) in [5.41, 5.74) is 0.908. The van der Waals surface area contributed by atoms with Crippen LogP contribution in [0.25, 0.3) is 22.8 Å². The van der Waals surface area contributed by atoms with Crippen LogP contribution in [0.2, 0.25) is 5.02 Å². The average Bonchev–Trinajstić information content (AvgIpc) is 3.17. The molecule has 1 unspecified atom stereocenters. The third-order valence-corrected chi connectivity index (χ3v) is 5.09. The van der Waals surface area contributed by atoms with Crippen LogP contribution in [0.1, 0.15) is 30.1 Å². The third kappa shape index (κ3) is 3.79. The maximum absolute atomic E-state index is 13.1. The van der Waals surface area contributed by atoms with Gasteiger partial charge in [-0.15, -0.1) is 0 Å². The van der Waals surface area contributed by atoms with Gasteiger partial charge in [0.2, 0.25) is 5.82 Å². The lowest BCUT2D eigenvalue weighted by atomic mass is 9.94. The van der Waals surface area contributed by atoms with Crippen LogP contribution in [0.5, 0.6) is 0 Å². The number of amides is 1. The zero-order chi connectivity index (χ0) is 19.7. The summed E-state index contributed by atoms with van der Waals surface area (Å²) in [6.07, 6.45) is 1.45. The van der Waals surface area contributed by atoms with Crippen molar-refractivity contribution in [2.24, 2.45) is 0 Å². The number of hydrogen-bond acceptors (Lipinski definition) is 5. The van der Waals surface area contributed by atoms with Crippen LogP contribution in [-0.2, 0) is 0 Å². The molecule has 1 aliphatic rings. The number of carbonyl (C=O) groups is 1. The fourth-order valence-electron chi connectivity index (χ4n) is 3.50. The highest BCUT2D eigenvalue weighted by Gasteiger charge is 2.32. The number of aliphatic hydroxyl groups is 1. The number of nitrogens with zero attached hydrogens (tertiary/aromatic N) is 3. The second kappa shape index (κ2) is 7.37. The predicted molar refractivity (Wildman–Crippen MR) is 106 cm³/mol. The molecule has 6 nitrogen and oxygen atoms in total. The molecule has 0 radical (unpaired) electrons. The molecule has 1 fully saturated rings. The monoisotopic (exact) mass is 397 g/mol. The van der Waals surface area contributed by atoms with Crippen molar-refractivity contribution in [1.29, 1.82) is 0 Å². The summed E-state index contributed by atoms with van der Waals surface area (Å²) in [5.74, 6) is 0.515. The van der Waals surface area contributed by atoms with Gasteiger partial charge in [-0.2, -0.15) is 4.98 Å². The number of benzene rings is 2. The lowest BCUT2D eigenvalue weighted by molar-refractivity contribution is -0.0107. The summed E-state index contributed by atoms with van der Waals surface area (Å²) in [5, 5.41) is 14.9. The van der Waals surface area contributed by atoms with E-state index in [4.69, 9.17) is 16.1 Å². The first-order chi connectivity index (χ1) is 13.4. The Morgan fingerprint density at radius 1 is 1.25 bits per heavy atom. The molecule has 1 atom stereocenters. The van der Waals surface area contributed by atoms with Crippen molar-refractivity contribution in [3.8, 4) is 22.8 Å². The highest BCUT2D eigenvalue weighted by molar-refractivity contribution is 6.30. The molecule has 2 aromatic carbocycles. The minimum Gasteiger partial charge on any atom is -0.388 e. The van der Waals surface area contributed by atoms with E-state index in [9.17, 15) is 9.90 Å². The van der Waals surface area contributed by atoms with Gasteiger partial charge < -0.3 is 14.5 Å². The second-order valence-electron chi connectivity index (χ2n) is 7.31. The first-order valence-corrected chi connectivity index (χ1v) is 9.51. The summed E-state index contributed by atoms with van der Waals surface area (Å²) < 4.78 is 5.44. The van der Waals surface area contributed by atoms with Crippen LogP contribution in [-0.4, -0.2) is 44.7 Å². The predicted octanol–water partition coefficient (Wildman–Crippen LogP) is 4.04. The number of hydrogen-bond donors (Lipinski definition) is 1. The number of halogens is 1. The molecular formula is C21H20ClN3O3. The molecule has 1 amide bonds. The molecule has 3 aromatic rings. The quantitative estimate of drug-likeness (QED) is 0.721. The fourth-order valence-corrected chi connectivity index (χ4v) is 3.69. The van der Waals surface area contributed by atoms with Gasteiger partial charge in [0.1, 0.15) is 0 Å². The molecule has 2 heterocycles. The van der Waals surface area contributed by atoms with E-state index in [0.717, 1.165) is 12.0 Å². The van der Waals surface area contributed by atoms with Crippen LogP contribution in [0, 0.1) is 0 Å². The van der Waals surface area contributed by atoms with Gasteiger partial charge in [0.25, 0.3) is 11.8 Å². The van der Waals surface area contributed by atoms with Gasteiger partial charge in [-0.3, -0.25) is 4.79 Å². The zero-order valence-electron chi connectivity index (χ0n) is 15.4. The fraction of sp³-hybridized carbons (Fsp3) is 0.286. The normalized spacial score (nSPS) is 19.6. The Morgan fingerprint density at radius 3 is 2.86 bits per heavy atom. The van der Waals surface area contributed by atoms with E-state index >= 15 is 0 Å². The van der Waals surface area contributed by atoms with Crippen molar-refractivity contribution in [2.75, 3.05) is 13.1 Å². The van der Waals surface area contributed by atoms with E-state index in [2.05, 4.69) is 10.1 Å². The highest BCUT2D eigenvalue weighted by atomic mass is 35.5. The van der Waals surface area contributed by atoms with E-state index in [1.165, 1.54) is 0 Å². The van der Waals surface area contributed by atoms with E-state index in [-0.39, 0.29) is 11.8 Å². The molecule has 1 N–H and O–H groups in total. The standard InChI is InChI=1S/C21H20ClN3O3/c1-21(27)10-5-11-25(13-21)20(26)17-9-3-2-8-16(17)19-23-18(24-28-19)14-6-4-7-15(22)12-14/h2-4,6-9,12,27H,5,10-11,13H2,1H3. The van der Waals surface area contributed by atoms with Crippen molar-refractivity contribution >= 4 is 17.5 Å². The maximum Gasteiger partial charge on any atom is 0.259 e. The molecule has 1 saturated heterocycles. The Labute approximate surface area is 167 Å². The van der Waals surface area contributed by atoms with Gasteiger partial charge in [-0.1, -0.05) is 41.0 Å². The molecule has 0 spiro atoms. The number of carbonyl (C=O) groups excluding carboxylic acids is 1. The number of likely N-dealkylation sites (tertiary alicyclic amines) is 1. The molecule has 28 heavy (non-hydrogen) atoms. The molecule has 4 rings (SSSR count). The van der Waals surface area contributed by atoms with Gasteiger partial charge in [0, 0.05) is 23.7 Å². The Hall–Kier alpha value is -2.70. The first-order valence-electron chi connectivity index (χ1n) is 9.14. The Balaban J connectivity index is 1.66. The van der Waals surface area contributed by atoms with Crippen LogP contribution >= 0.6 is 11.6 Å². The lowest BCUT2D eigenvalue weighted by Gasteiger charge is -2.37. The van der Waals surface area contributed by atoms with Gasteiger partial charge in [0.05, 0.1) is 16.7 Å². The molecule has 7 heteroatoms. The van der Waals surface area contributed by atoms with Crippen molar-refractivity contribution in [3.63, 3.8) is 0 Å². The van der Waals surface area contributed by atoms with Crippen molar-refractivity contribution in [3.05, 3.63) is 59.1 Å². The van der Waals surface area contributed by atoms with Crippen molar-refractivity contribution in [1.82, 2.24) is 15.0 Å². The molecule has 0 bridgehead atoms. The summed E-state index contributed by atoms with van der Waals surface area (Å²) in [4.78, 5) is 19.2. The summed E-state index contributed by atoms with van der Waals surface area (Å²) >= 11 is 6.04. The minimum atomic E-state index is -0.868. The molecule has 1 aromatic heterocycles. The molecule has 0 saturated carbocycles. The maximum atomic E-state index is 13.1. The molecular weight excluding hydrogens is 378 g/mol. The van der Waals surface area contributed by atoms with Crippen LogP contribution in [0.3, 0.4) is 0 Å². The van der Waals surface area contributed by atoms with Gasteiger partial charge >= 0.3 is 0 Å². The van der Waals surface area contributed by atoms with Crippen LogP contribution in [0.15, 0.2) is 53.1 Å². The highest BCUT2D eigenvalue weighted by Crippen LogP contribution is 2.29. The van der Waals surface area contributed by atoms with Gasteiger partial charge in [-0.05, 0) is 44.0 Å². The van der Waals surface area contributed by atoms with Crippen LogP contribution in [0.4, 0.5) is 0 Å². The molecule has 144 valence electrons. The summed E-state index contributed by atoms with van der Waals surface area (Å²) in [6.45, 7) is 2.67. The summed E-state index contributed by atoms with van der Waals surface area (Å²) in [7, 11) is 0. The van der Waals surface area contributed by atoms with Gasteiger partial charge in [0.15, 0.2) is 0 Å². The van der Waals surface area contributed by atoms with E-state index in [0.29, 0.717) is 41.5 Å². The Bertz CT molecular complexity index is 1020. The van der Waals surface area contributed by atoms with E-state index in [1.54, 1.807) is 42.2 Å². The van der Waals surface area contributed by atoms with Gasteiger partial charge in [-0.25, -0.2) is 0 Å². The largest absolute Gasteiger partial charge is 0.388 e. The Kier molecular flexibility index (Phi) is 4.91.